The Kier molecular flexibility index (Phi) is 3.05. The Morgan fingerprint density at radius 1 is 1.35 bits per heavy atom. The number of aryl methyl sites for hydroxylation is 2. The SMILES string of the molecule is Cc1n[nH]c(C)c1NC1c2cc(Cl)ccc2CC1(C)C. The maximum Gasteiger partial charge on any atom is 0.0825 e. The van der Waals surface area contributed by atoms with E-state index in [-0.39, 0.29) is 11.5 Å². The molecule has 1 aliphatic rings. The summed E-state index contributed by atoms with van der Waals surface area (Å²) in [5.74, 6) is 0. The topological polar surface area (TPSA) is 40.7 Å². The molecule has 3 rings (SSSR count). The zero-order valence-corrected chi connectivity index (χ0v) is 13.1. The average molecular weight is 290 g/mol. The van der Waals surface area contributed by atoms with E-state index < -0.39 is 0 Å². The van der Waals surface area contributed by atoms with Crippen LogP contribution in [0.15, 0.2) is 18.2 Å². The number of aromatic amines is 1. The minimum absolute atomic E-state index is 0.156. The van der Waals surface area contributed by atoms with Crippen LogP contribution in [0.1, 0.15) is 42.4 Å². The van der Waals surface area contributed by atoms with Gasteiger partial charge in [-0.05, 0) is 48.9 Å². The molecule has 20 heavy (non-hydrogen) atoms. The number of nitrogens with one attached hydrogen (secondary N) is 2. The Balaban J connectivity index is 2.02. The van der Waals surface area contributed by atoms with E-state index in [1.807, 2.05) is 19.9 Å². The lowest BCUT2D eigenvalue weighted by Gasteiger charge is -2.29. The first-order chi connectivity index (χ1) is 9.38. The monoisotopic (exact) mass is 289 g/mol. The number of H-pyrrole nitrogens is 1. The van der Waals surface area contributed by atoms with Gasteiger partial charge in [0.05, 0.1) is 23.1 Å². The lowest BCUT2D eigenvalue weighted by molar-refractivity contribution is 0.337. The number of rotatable bonds is 2. The highest BCUT2D eigenvalue weighted by Crippen LogP contribution is 2.48. The largest absolute Gasteiger partial charge is 0.375 e. The predicted molar refractivity (Wildman–Crippen MR) is 83.4 cm³/mol. The maximum absolute atomic E-state index is 6.18. The normalized spacial score (nSPS) is 19.9. The fraction of sp³-hybridized carbons (Fsp3) is 0.438. The average Bonchev–Trinajstić information content (AvgIpc) is 2.81. The highest BCUT2D eigenvalue weighted by atomic mass is 35.5. The van der Waals surface area contributed by atoms with Gasteiger partial charge in [-0.15, -0.1) is 0 Å². The zero-order valence-electron chi connectivity index (χ0n) is 12.3. The van der Waals surface area contributed by atoms with E-state index in [9.17, 15) is 0 Å². The van der Waals surface area contributed by atoms with Gasteiger partial charge in [-0.2, -0.15) is 5.10 Å². The molecule has 0 amide bonds. The summed E-state index contributed by atoms with van der Waals surface area (Å²) in [6.45, 7) is 8.66. The number of aromatic nitrogens is 2. The van der Waals surface area contributed by atoms with Crippen LogP contribution in [0.4, 0.5) is 5.69 Å². The van der Waals surface area contributed by atoms with Crippen molar-refractivity contribution in [2.75, 3.05) is 5.32 Å². The maximum atomic E-state index is 6.18. The molecule has 1 unspecified atom stereocenters. The van der Waals surface area contributed by atoms with Crippen LogP contribution < -0.4 is 5.32 Å². The molecule has 4 heteroatoms. The van der Waals surface area contributed by atoms with Crippen molar-refractivity contribution in [1.29, 1.82) is 0 Å². The first-order valence-electron chi connectivity index (χ1n) is 6.95. The summed E-state index contributed by atoms with van der Waals surface area (Å²) < 4.78 is 0. The van der Waals surface area contributed by atoms with Crippen LogP contribution >= 0.6 is 11.6 Å². The minimum Gasteiger partial charge on any atom is -0.375 e. The van der Waals surface area contributed by atoms with Gasteiger partial charge in [-0.1, -0.05) is 31.5 Å². The van der Waals surface area contributed by atoms with Gasteiger partial charge in [0.25, 0.3) is 0 Å². The number of nitrogens with zero attached hydrogens (tertiary/aromatic N) is 1. The van der Waals surface area contributed by atoms with Crippen LogP contribution in [0.3, 0.4) is 0 Å². The smallest absolute Gasteiger partial charge is 0.0825 e. The molecule has 0 saturated heterocycles. The van der Waals surface area contributed by atoms with E-state index in [4.69, 9.17) is 11.6 Å². The molecule has 0 saturated carbocycles. The van der Waals surface area contributed by atoms with Gasteiger partial charge in [0.2, 0.25) is 0 Å². The molecular weight excluding hydrogens is 270 g/mol. The summed E-state index contributed by atoms with van der Waals surface area (Å²) >= 11 is 6.18. The molecule has 1 aromatic carbocycles. The third-order valence-electron chi connectivity index (χ3n) is 4.26. The van der Waals surface area contributed by atoms with Crippen molar-refractivity contribution in [2.24, 2.45) is 5.41 Å². The Morgan fingerprint density at radius 2 is 2.10 bits per heavy atom. The third kappa shape index (κ3) is 2.10. The molecular formula is C16H20ClN3. The van der Waals surface area contributed by atoms with Crippen molar-refractivity contribution in [2.45, 2.75) is 40.2 Å². The molecule has 2 aromatic rings. The molecule has 0 spiro atoms. The van der Waals surface area contributed by atoms with Crippen molar-refractivity contribution in [3.8, 4) is 0 Å². The van der Waals surface area contributed by atoms with Crippen LogP contribution in [0.25, 0.3) is 0 Å². The Morgan fingerprint density at radius 3 is 2.75 bits per heavy atom. The molecule has 0 fully saturated rings. The molecule has 2 N–H and O–H groups in total. The molecule has 106 valence electrons. The van der Waals surface area contributed by atoms with E-state index in [2.05, 4.69) is 41.5 Å². The summed E-state index contributed by atoms with van der Waals surface area (Å²) in [5.41, 5.74) is 6.04. The number of hydrogen-bond donors (Lipinski definition) is 2. The second-order valence-electron chi connectivity index (χ2n) is 6.39. The molecule has 1 heterocycles. The Bertz CT molecular complexity index is 638. The first-order valence-corrected chi connectivity index (χ1v) is 7.33. The number of hydrogen-bond acceptors (Lipinski definition) is 2. The van der Waals surface area contributed by atoms with Crippen LogP contribution in [-0.4, -0.2) is 10.2 Å². The van der Waals surface area contributed by atoms with E-state index in [0.29, 0.717) is 0 Å². The van der Waals surface area contributed by atoms with Crippen molar-refractivity contribution in [3.63, 3.8) is 0 Å². The second-order valence-corrected chi connectivity index (χ2v) is 6.83. The lowest BCUT2D eigenvalue weighted by Crippen LogP contribution is -2.25. The molecule has 1 aliphatic carbocycles. The minimum atomic E-state index is 0.156. The lowest BCUT2D eigenvalue weighted by atomic mass is 9.85. The van der Waals surface area contributed by atoms with Crippen LogP contribution in [0.5, 0.6) is 0 Å². The van der Waals surface area contributed by atoms with Crippen molar-refractivity contribution < 1.29 is 0 Å². The summed E-state index contributed by atoms with van der Waals surface area (Å²) in [5, 5.41) is 11.8. The van der Waals surface area contributed by atoms with Crippen molar-refractivity contribution in [3.05, 3.63) is 45.7 Å². The molecule has 0 radical (unpaired) electrons. The molecule has 1 atom stereocenters. The Labute approximate surface area is 124 Å². The number of anilines is 1. The van der Waals surface area contributed by atoms with Crippen LogP contribution in [-0.2, 0) is 6.42 Å². The number of benzene rings is 1. The number of fused-ring (bicyclic) bond motifs is 1. The molecule has 1 aromatic heterocycles. The fourth-order valence-electron chi connectivity index (χ4n) is 3.19. The number of halogens is 1. The Hall–Kier alpha value is -1.48. The van der Waals surface area contributed by atoms with Crippen LogP contribution in [0.2, 0.25) is 5.02 Å². The summed E-state index contributed by atoms with van der Waals surface area (Å²) in [4.78, 5) is 0. The van der Waals surface area contributed by atoms with Crippen LogP contribution in [0, 0.1) is 19.3 Å². The van der Waals surface area contributed by atoms with Gasteiger partial charge in [0.15, 0.2) is 0 Å². The zero-order chi connectivity index (χ0) is 14.5. The van der Waals surface area contributed by atoms with E-state index in [0.717, 1.165) is 28.5 Å². The molecule has 0 aliphatic heterocycles. The summed E-state index contributed by atoms with van der Waals surface area (Å²) in [6, 6.07) is 6.48. The summed E-state index contributed by atoms with van der Waals surface area (Å²) in [7, 11) is 0. The second kappa shape index (κ2) is 4.52. The van der Waals surface area contributed by atoms with E-state index in [1.165, 1.54) is 11.1 Å². The predicted octanol–water partition coefficient (Wildman–Crippen LogP) is 4.42. The van der Waals surface area contributed by atoms with E-state index >= 15 is 0 Å². The highest BCUT2D eigenvalue weighted by Gasteiger charge is 2.39. The first kappa shape index (κ1) is 13.5. The van der Waals surface area contributed by atoms with Gasteiger partial charge >= 0.3 is 0 Å². The highest BCUT2D eigenvalue weighted by molar-refractivity contribution is 6.30. The molecule has 0 bridgehead atoms. The molecule has 3 nitrogen and oxygen atoms in total. The van der Waals surface area contributed by atoms with Crippen molar-refractivity contribution in [1.82, 2.24) is 10.2 Å². The van der Waals surface area contributed by atoms with Gasteiger partial charge in [-0.3, -0.25) is 5.10 Å². The van der Waals surface area contributed by atoms with Crippen molar-refractivity contribution >= 4 is 17.3 Å². The van der Waals surface area contributed by atoms with Gasteiger partial charge < -0.3 is 5.32 Å². The van der Waals surface area contributed by atoms with E-state index in [1.54, 1.807) is 0 Å². The van der Waals surface area contributed by atoms with Gasteiger partial charge in [0, 0.05) is 5.02 Å². The van der Waals surface area contributed by atoms with Gasteiger partial charge in [-0.25, -0.2) is 0 Å². The standard InChI is InChI=1S/C16H20ClN3/c1-9-14(10(2)20-19-9)18-15-13-7-12(17)6-5-11(13)8-16(15,3)4/h5-7,15,18H,8H2,1-4H3,(H,19,20). The quantitative estimate of drug-likeness (QED) is 0.859. The fourth-order valence-corrected chi connectivity index (χ4v) is 3.37. The summed E-state index contributed by atoms with van der Waals surface area (Å²) in [6.07, 6.45) is 1.06. The third-order valence-corrected chi connectivity index (χ3v) is 4.50. The van der Waals surface area contributed by atoms with Gasteiger partial charge in [0.1, 0.15) is 0 Å².